The number of amides is 1. The number of aromatic nitrogens is 4. The van der Waals surface area contributed by atoms with Crippen LogP contribution < -0.4 is 5.32 Å². The lowest BCUT2D eigenvalue weighted by Gasteiger charge is -2.08. The Hall–Kier alpha value is -2.71. The van der Waals surface area contributed by atoms with E-state index in [9.17, 15) is 4.79 Å². The number of thiophene rings is 1. The Labute approximate surface area is 164 Å². The van der Waals surface area contributed by atoms with E-state index in [0.717, 1.165) is 39.0 Å². The normalized spacial score (nSPS) is 11.0. The van der Waals surface area contributed by atoms with Crippen LogP contribution in [0.2, 0.25) is 0 Å². The number of fused-ring (bicyclic) bond motifs is 1. The quantitative estimate of drug-likeness (QED) is 0.493. The molecule has 136 valence electrons. The first-order chi connectivity index (χ1) is 13.3. The predicted octanol–water partition coefficient (Wildman–Crippen LogP) is 4.31. The van der Waals surface area contributed by atoms with Gasteiger partial charge in [-0.05, 0) is 30.5 Å². The highest BCUT2D eigenvalue weighted by atomic mass is 32.2. The number of nitrogens with one attached hydrogen (secondary N) is 1. The number of benzene rings is 1. The number of para-hydroxylation sites is 1. The summed E-state index contributed by atoms with van der Waals surface area (Å²) in [6.45, 7) is 2.80. The van der Waals surface area contributed by atoms with Crippen molar-refractivity contribution in [2.75, 3.05) is 11.1 Å². The van der Waals surface area contributed by atoms with Gasteiger partial charge in [0.05, 0.1) is 21.8 Å². The minimum Gasteiger partial charge on any atom is -0.323 e. The van der Waals surface area contributed by atoms with Crippen molar-refractivity contribution in [1.82, 2.24) is 19.7 Å². The van der Waals surface area contributed by atoms with E-state index in [1.54, 1.807) is 17.5 Å². The lowest BCUT2D eigenvalue weighted by Crippen LogP contribution is -2.15. The fraction of sp³-hybridized carbons (Fsp3) is 0.158. The Bertz CT molecular complexity index is 1070. The van der Waals surface area contributed by atoms with Gasteiger partial charge in [-0.3, -0.25) is 9.78 Å². The van der Waals surface area contributed by atoms with Gasteiger partial charge in [0, 0.05) is 18.1 Å². The highest BCUT2D eigenvalue weighted by molar-refractivity contribution is 7.99. The van der Waals surface area contributed by atoms with Crippen LogP contribution in [0.5, 0.6) is 0 Å². The van der Waals surface area contributed by atoms with E-state index in [4.69, 9.17) is 0 Å². The molecule has 6 nitrogen and oxygen atoms in total. The Kier molecular flexibility index (Phi) is 5.17. The summed E-state index contributed by atoms with van der Waals surface area (Å²) >= 11 is 3.01. The van der Waals surface area contributed by atoms with Gasteiger partial charge < -0.3 is 9.88 Å². The Balaban J connectivity index is 1.47. The van der Waals surface area contributed by atoms with E-state index in [-0.39, 0.29) is 11.7 Å². The topological polar surface area (TPSA) is 72.7 Å². The van der Waals surface area contributed by atoms with Crippen LogP contribution in [0.3, 0.4) is 0 Å². The van der Waals surface area contributed by atoms with Crippen LogP contribution in [0.25, 0.3) is 21.6 Å². The van der Waals surface area contributed by atoms with Crippen LogP contribution in [0, 0.1) is 0 Å². The third kappa shape index (κ3) is 3.72. The second-order valence-corrected chi connectivity index (χ2v) is 7.64. The molecule has 0 saturated carbocycles. The summed E-state index contributed by atoms with van der Waals surface area (Å²) in [7, 11) is 0. The summed E-state index contributed by atoms with van der Waals surface area (Å²) < 4.78 is 2.03. The fourth-order valence-electron chi connectivity index (χ4n) is 2.79. The fourth-order valence-corrected chi connectivity index (χ4v) is 4.31. The molecule has 3 heterocycles. The van der Waals surface area contributed by atoms with Gasteiger partial charge in [0.2, 0.25) is 5.91 Å². The van der Waals surface area contributed by atoms with E-state index < -0.39 is 0 Å². The molecule has 0 unspecified atom stereocenters. The Morgan fingerprint density at radius 1 is 1.19 bits per heavy atom. The van der Waals surface area contributed by atoms with Crippen molar-refractivity contribution in [2.45, 2.75) is 18.6 Å². The van der Waals surface area contributed by atoms with E-state index >= 15 is 0 Å². The summed E-state index contributed by atoms with van der Waals surface area (Å²) in [6, 6.07) is 13.6. The summed E-state index contributed by atoms with van der Waals surface area (Å²) in [6.07, 6.45) is 1.72. The molecule has 0 saturated heterocycles. The molecule has 0 bridgehead atoms. The van der Waals surface area contributed by atoms with Gasteiger partial charge >= 0.3 is 0 Å². The molecule has 0 radical (unpaired) electrons. The average molecular weight is 396 g/mol. The largest absolute Gasteiger partial charge is 0.323 e. The number of thioether (sulfide) groups is 1. The van der Waals surface area contributed by atoms with Crippen molar-refractivity contribution in [1.29, 1.82) is 0 Å². The molecule has 27 heavy (non-hydrogen) atoms. The number of pyridine rings is 1. The third-order valence-corrected chi connectivity index (χ3v) is 5.85. The number of hydrogen-bond donors (Lipinski definition) is 1. The van der Waals surface area contributed by atoms with E-state index in [1.165, 1.54) is 11.8 Å². The summed E-state index contributed by atoms with van der Waals surface area (Å²) in [4.78, 5) is 17.9. The number of carbonyl (C=O) groups is 1. The zero-order chi connectivity index (χ0) is 18.6. The number of anilines is 1. The molecular weight excluding hydrogens is 378 g/mol. The Morgan fingerprint density at radius 2 is 2.07 bits per heavy atom. The van der Waals surface area contributed by atoms with Gasteiger partial charge in [-0.1, -0.05) is 36.0 Å². The molecule has 0 spiro atoms. The Morgan fingerprint density at radius 3 is 2.89 bits per heavy atom. The van der Waals surface area contributed by atoms with E-state index in [1.807, 2.05) is 59.3 Å². The number of nitrogens with zero attached hydrogens (tertiary/aromatic N) is 4. The van der Waals surface area contributed by atoms with Crippen molar-refractivity contribution >= 4 is 45.6 Å². The van der Waals surface area contributed by atoms with Crippen LogP contribution in [0.1, 0.15) is 6.92 Å². The summed E-state index contributed by atoms with van der Waals surface area (Å²) in [5.74, 6) is 1.00. The monoisotopic (exact) mass is 395 g/mol. The maximum Gasteiger partial charge on any atom is 0.234 e. The minimum atomic E-state index is -0.0959. The molecular formula is C19H17N5OS2. The predicted molar refractivity (Wildman–Crippen MR) is 110 cm³/mol. The van der Waals surface area contributed by atoms with Crippen LogP contribution in [-0.2, 0) is 11.3 Å². The van der Waals surface area contributed by atoms with E-state index in [2.05, 4.69) is 20.5 Å². The van der Waals surface area contributed by atoms with Crippen molar-refractivity contribution < 1.29 is 4.79 Å². The minimum absolute atomic E-state index is 0.0959. The first kappa shape index (κ1) is 17.7. The first-order valence-corrected chi connectivity index (χ1v) is 10.4. The first-order valence-electron chi connectivity index (χ1n) is 8.49. The summed E-state index contributed by atoms with van der Waals surface area (Å²) in [5, 5.41) is 15.3. The molecule has 0 aliphatic carbocycles. The van der Waals surface area contributed by atoms with Crippen LogP contribution in [-0.4, -0.2) is 31.4 Å². The molecule has 0 fully saturated rings. The lowest BCUT2D eigenvalue weighted by molar-refractivity contribution is -0.113. The highest BCUT2D eigenvalue weighted by Gasteiger charge is 2.15. The maximum atomic E-state index is 12.4. The van der Waals surface area contributed by atoms with Crippen LogP contribution >= 0.6 is 23.1 Å². The zero-order valence-corrected chi connectivity index (χ0v) is 16.3. The van der Waals surface area contributed by atoms with Crippen molar-refractivity contribution in [3.05, 3.63) is 54.0 Å². The van der Waals surface area contributed by atoms with Crippen molar-refractivity contribution in [3.8, 4) is 10.7 Å². The second kappa shape index (κ2) is 7.89. The SMILES string of the molecule is CCn1c(SCC(=O)Nc2cccc3cccnc23)nnc1-c1cccs1. The van der Waals surface area contributed by atoms with E-state index in [0.29, 0.717) is 0 Å². The average Bonchev–Trinajstić information content (AvgIpc) is 3.36. The maximum absolute atomic E-state index is 12.4. The molecule has 0 aliphatic rings. The molecule has 8 heteroatoms. The number of hydrogen-bond acceptors (Lipinski definition) is 6. The second-order valence-electron chi connectivity index (χ2n) is 5.75. The highest BCUT2D eigenvalue weighted by Crippen LogP contribution is 2.27. The van der Waals surface area contributed by atoms with Crippen LogP contribution in [0.15, 0.2) is 59.2 Å². The lowest BCUT2D eigenvalue weighted by atomic mass is 10.2. The van der Waals surface area contributed by atoms with Gasteiger partial charge in [-0.2, -0.15) is 0 Å². The van der Waals surface area contributed by atoms with Gasteiger partial charge in [-0.15, -0.1) is 21.5 Å². The van der Waals surface area contributed by atoms with Crippen molar-refractivity contribution in [2.24, 2.45) is 0 Å². The molecule has 1 aromatic carbocycles. The molecule has 1 amide bonds. The smallest absolute Gasteiger partial charge is 0.234 e. The number of carbonyl (C=O) groups excluding carboxylic acids is 1. The molecule has 0 atom stereocenters. The molecule has 4 aromatic rings. The third-order valence-electron chi connectivity index (χ3n) is 4.01. The molecule has 0 aliphatic heterocycles. The summed E-state index contributed by atoms with van der Waals surface area (Å²) in [5.41, 5.74) is 1.50. The number of rotatable bonds is 6. The van der Waals surface area contributed by atoms with Gasteiger partial charge in [0.1, 0.15) is 0 Å². The van der Waals surface area contributed by atoms with Gasteiger partial charge in [0.15, 0.2) is 11.0 Å². The van der Waals surface area contributed by atoms with Gasteiger partial charge in [-0.25, -0.2) is 0 Å². The van der Waals surface area contributed by atoms with Crippen molar-refractivity contribution in [3.63, 3.8) is 0 Å². The zero-order valence-electron chi connectivity index (χ0n) is 14.6. The standard InChI is InChI=1S/C19H17N5OS2/c1-2-24-18(15-9-5-11-26-15)22-23-19(24)27-12-16(25)21-14-8-3-6-13-7-4-10-20-17(13)14/h3-11H,2,12H2,1H3,(H,21,25). The molecule has 1 N–H and O–H groups in total. The molecule has 3 aromatic heterocycles. The van der Waals surface area contributed by atoms with Crippen LogP contribution in [0.4, 0.5) is 5.69 Å². The van der Waals surface area contributed by atoms with Gasteiger partial charge in [0.25, 0.3) is 0 Å². The molecule has 4 rings (SSSR count).